The minimum Gasteiger partial charge on any atom is -0.508 e. The third kappa shape index (κ3) is 4.72. The first kappa shape index (κ1) is 22.1. The van der Waals surface area contributed by atoms with Crippen molar-refractivity contribution in [2.45, 2.75) is 27.2 Å². The van der Waals surface area contributed by atoms with Gasteiger partial charge in [0, 0.05) is 24.2 Å². The Morgan fingerprint density at radius 3 is 2.48 bits per heavy atom. The van der Waals surface area contributed by atoms with Gasteiger partial charge >= 0.3 is 0 Å². The Morgan fingerprint density at radius 2 is 1.79 bits per heavy atom. The molecule has 0 atom stereocenters. The van der Waals surface area contributed by atoms with E-state index >= 15 is 0 Å². The largest absolute Gasteiger partial charge is 0.508 e. The maximum atomic E-state index is 13.0. The summed E-state index contributed by atoms with van der Waals surface area (Å²) in [6, 6.07) is 9.70. The summed E-state index contributed by atoms with van der Waals surface area (Å²) in [5.41, 5.74) is 3.00. The second kappa shape index (κ2) is 9.15. The summed E-state index contributed by atoms with van der Waals surface area (Å²) < 4.78 is 10.9. The molecule has 0 spiro atoms. The Hall–Kier alpha value is -4.14. The van der Waals surface area contributed by atoms with Gasteiger partial charge in [-0.05, 0) is 57.5 Å². The summed E-state index contributed by atoms with van der Waals surface area (Å²) in [7, 11) is 0. The highest BCUT2D eigenvalue weighted by molar-refractivity contribution is 6.07. The second-order valence-electron chi connectivity index (χ2n) is 7.75. The maximum absolute atomic E-state index is 13.0. The highest BCUT2D eigenvalue weighted by atomic mass is 16.5. The lowest BCUT2D eigenvalue weighted by Gasteiger charge is -2.09. The van der Waals surface area contributed by atoms with Crippen LogP contribution in [0.4, 0.5) is 0 Å². The molecule has 1 aromatic carbocycles. The Morgan fingerprint density at radius 1 is 1.03 bits per heavy atom. The van der Waals surface area contributed by atoms with Gasteiger partial charge < -0.3 is 24.7 Å². The van der Waals surface area contributed by atoms with Gasteiger partial charge in [-0.1, -0.05) is 11.2 Å². The second-order valence-corrected chi connectivity index (χ2v) is 7.75. The van der Waals surface area contributed by atoms with Crippen LogP contribution in [0, 0.1) is 20.8 Å². The van der Waals surface area contributed by atoms with Gasteiger partial charge in [0.05, 0.1) is 22.3 Å². The molecule has 170 valence electrons. The van der Waals surface area contributed by atoms with E-state index in [0.717, 1.165) is 11.3 Å². The molecule has 0 aliphatic heterocycles. The fourth-order valence-electron chi connectivity index (χ4n) is 3.63. The number of fused-ring (bicyclic) bond motifs is 1. The van der Waals surface area contributed by atoms with Crippen LogP contribution < -0.4 is 10.6 Å². The van der Waals surface area contributed by atoms with Crippen LogP contribution in [0.25, 0.3) is 22.4 Å². The zero-order chi connectivity index (χ0) is 23.5. The molecular formula is C24H24N4O5. The lowest BCUT2D eigenvalue weighted by atomic mass is 10.1. The van der Waals surface area contributed by atoms with Gasteiger partial charge in [-0.3, -0.25) is 9.59 Å². The molecule has 0 radical (unpaired) electrons. The molecule has 9 nitrogen and oxygen atoms in total. The number of rotatable bonds is 7. The number of aromatic hydroxyl groups is 1. The van der Waals surface area contributed by atoms with Gasteiger partial charge in [0.25, 0.3) is 17.5 Å². The van der Waals surface area contributed by atoms with E-state index in [1.165, 1.54) is 12.1 Å². The smallest absolute Gasteiger partial charge is 0.259 e. The minimum absolute atomic E-state index is 0.0303. The van der Waals surface area contributed by atoms with E-state index in [2.05, 4.69) is 20.8 Å². The highest BCUT2D eigenvalue weighted by Crippen LogP contribution is 2.30. The van der Waals surface area contributed by atoms with E-state index < -0.39 is 0 Å². The van der Waals surface area contributed by atoms with E-state index in [0.29, 0.717) is 53.2 Å². The number of carbonyl (C=O) groups excluding carboxylic acids is 2. The molecule has 9 heteroatoms. The predicted molar refractivity (Wildman–Crippen MR) is 121 cm³/mol. The van der Waals surface area contributed by atoms with Crippen molar-refractivity contribution in [2.75, 3.05) is 13.1 Å². The number of aryl methyl sites for hydroxylation is 3. The number of aromatic nitrogens is 2. The lowest BCUT2D eigenvalue weighted by Crippen LogP contribution is -2.30. The number of pyridine rings is 1. The Labute approximate surface area is 189 Å². The minimum atomic E-state index is -0.288. The number of nitrogens with one attached hydrogen (secondary N) is 2. The summed E-state index contributed by atoms with van der Waals surface area (Å²) in [6.45, 7) is 6.16. The molecule has 0 saturated carbocycles. The normalized spacial score (nSPS) is 11.0. The van der Waals surface area contributed by atoms with Crippen LogP contribution in [0.15, 0.2) is 45.3 Å². The van der Waals surface area contributed by atoms with Gasteiger partial charge in [-0.2, -0.15) is 0 Å². The average molecular weight is 448 g/mol. The van der Waals surface area contributed by atoms with Crippen LogP contribution >= 0.6 is 0 Å². The zero-order valence-corrected chi connectivity index (χ0v) is 18.6. The van der Waals surface area contributed by atoms with E-state index in [1.54, 1.807) is 25.1 Å². The van der Waals surface area contributed by atoms with E-state index in [4.69, 9.17) is 8.94 Å². The van der Waals surface area contributed by atoms with E-state index in [1.807, 2.05) is 19.9 Å². The van der Waals surface area contributed by atoms with Crippen molar-refractivity contribution in [3.05, 3.63) is 64.7 Å². The molecule has 33 heavy (non-hydrogen) atoms. The Balaban J connectivity index is 1.43. The first-order valence-electron chi connectivity index (χ1n) is 10.5. The molecule has 4 aromatic rings. The van der Waals surface area contributed by atoms with Crippen LogP contribution in [0.5, 0.6) is 5.75 Å². The third-order valence-corrected chi connectivity index (χ3v) is 5.21. The zero-order valence-electron chi connectivity index (χ0n) is 18.6. The molecular weight excluding hydrogens is 424 g/mol. The molecule has 3 aromatic heterocycles. The molecule has 0 fully saturated rings. The summed E-state index contributed by atoms with van der Waals surface area (Å²) in [5, 5.41) is 19.6. The summed E-state index contributed by atoms with van der Waals surface area (Å²) in [4.78, 5) is 29.6. The number of furan rings is 1. The van der Waals surface area contributed by atoms with Crippen molar-refractivity contribution in [2.24, 2.45) is 0 Å². The number of hydrogen-bond acceptors (Lipinski definition) is 7. The summed E-state index contributed by atoms with van der Waals surface area (Å²) in [6.07, 6.45) is 0.528. The third-order valence-electron chi connectivity index (χ3n) is 5.21. The molecule has 0 aliphatic carbocycles. The van der Waals surface area contributed by atoms with Crippen molar-refractivity contribution < 1.29 is 23.6 Å². The standard InChI is InChI=1S/C24H24N4O5/c1-13-10-18(15(3)32-13)20-12-19(21-14(2)28-33-24(21)27-20)23(31)26-9-5-8-25-22(30)16-6-4-7-17(29)11-16/h4,6-7,10-12,29H,5,8-9H2,1-3H3,(H,25,30)(H,26,31). The molecule has 0 saturated heterocycles. The lowest BCUT2D eigenvalue weighted by molar-refractivity contribution is 0.0952. The van der Waals surface area contributed by atoms with Crippen LogP contribution in [-0.2, 0) is 0 Å². The molecule has 0 bridgehead atoms. The highest BCUT2D eigenvalue weighted by Gasteiger charge is 2.20. The molecule has 3 N–H and O–H groups in total. The van der Waals surface area contributed by atoms with Crippen LogP contribution in [0.2, 0.25) is 0 Å². The van der Waals surface area contributed by atoms with Crippen molar-refractivity contribution in [1.82, 2.24) is 20.8 Å². The molecule has 2 amide bonds. The van der Waals surface area contributed by atoms with E-state index in [-0.39, 0.29) is 23.3 Å². The molecule has 0 aliphatic rings. The van der Waals surface area contributed by atoms with Gasteiger partial charge in [0.2, 0.25) is 0 Å². The number of carbonyl (C=O) groups is 2. The molecule has 0 unspecified atom stereocenters. The number of nitrogens with zero attached hydrogens (tertiary/aromatic N) is 2. The quantitative estimate of drug-likeness (QED) is 0.368. The molecule has 4 rings (SSSR count). The number of phenolic OH excluding ortho intramolecular Hbond substituents is 1. The number of phenols is 1. The Kier molecular flexibility index (Phi) is 6.12. The van der Waals surface area contributed by atoms with Crippen molar-refractivity contribution in [3.8, 4) is 17.0 Å². The Bertz CT molecular complexity index is 1340. The number of amides is 2. The van der Waals surface area contributed by atoms with Gasteiger partial charge in [-0.25, -0.2) is 4.98 Å². The van der Waals surface area contributed by atoms with Gasteiger partial charge in [0.15, 0.2) is 0 Å². The van der Waals surface area contributed by atoms with Gasteiger partial charge in [-0.15, -0.1) is 0 Å². The first-order chi connectivity index (χ1) is 15.8. The van der Waals surface area contributed by atoms with Crippen LogP contribution in [0.1, 0.15) is 44.4 Å². The topological polar surface area (TPSA) is 130 Å². The van der Waals surface area contributed by atoms with Crippen molar-refractivity contribution in [3.63, 3.8) is 0 Å². The summed E-state index contributed by atoms with van der Waals surface area (Å²) >= 11 is 0. The predicted octanol–water partition coefficient (Wildman–Crippen LogP) is 3.66. The summed E-state index contributed by atoms with van der Waals surface area (Å²) in [5.74, 6) is 0.903. The SMILES string of the molecule is Cc1cc(-c2cc(C(=O)NCCCNC(=O)c3cccc(O)c3)c3c(C)noc3n2)c(C)o1. The number of hydrogen-bond donors (Lipinski definition) is 3. The van der Waals surface area contributed by atoms with Crippen molar-refractivity contribution >= 4 is 22.9 Å². The van der Waals surface area contributed by atoms with E-state index in [9.17, 15) is 14.7 Å². The van der Waals surface area contributed by atoms with Crippen molar-refractivity contribution in [1.29, 1.82) is 0 Å². The van der Waals surface area contributed by atoms with Crippen LogP contribution in [0.3, 0.4) is 0 Å². The maximum Gasteiger partial charge on any atom is 0.259 e. The van der Waals surface area contributed by atoms with Crippen LogP contribution in [-0.4, -0.2) is 40.2 Å². The van der Waals surface area contributed by atoms with Gasteiger partial charge in [0.1, 0.15) is 17.3 Å². The monoisotopic (exact) mass is 448 g/mol. The first-order valence-corrected chi connectivity index (χ1v) is 10.5. The fourth-order valence-corrected chi connectivity index (χ4v) is 3.63. The fraction of sp³-hybridized carbons (Fsp3) is 0.250. The number of benzene rings is 1. The average Bonchev–Trinajstić information content (AvgIpc) is 3.33. The molecule has 3 heterocycles.